The second kappa shape index (κ2) is 4.34. The zero-order chi connectivity index (χ0) is 12.3. The summed E-state index contributed by atoms with van der Waals surface area (Å²) in [5.41, 5.74) is 0.0302. The lowest BCUT2D eigenvalue weighted by molar-refractivity contribution is -0.181. The molecule has 0 N–H and O–H groups in total. The Bertz CT molecular complexity index is 400. The van der Waals surface area contributed by atoms with Crippen LogP contribution in [-0.4, -0.2) is 29.9 Å². The summed E-state index contributed by atoms with van der Waals surface area (Å²) in [7, 11) is 0.797. The molecule has 0 unspecified atom stereocenters. The second-order valence-corrected chi connectivity index (χ2v) is 3.03. The van der Waals surface area contributed by atoms with E-state index in [4.69, 9.17) is 0 Å². The molecule has 0 aliphatic carbocycles. The van der Waals surface area contributed by atoms with Crippen molar-refractivity contribution >= 4 is 11.8 Å². The van der Waals surface area contributed by atoms with Gasteiger partial charge in [0.1, 0.15) is 0 Å². The van der Waals surface area contributed by atoms with Gasteiger partial charge in [-0.2, -0.15) is 13.2 Å². The van der Waals surface area contributed by atoms with Crippen LogP contribution in [0.15, 0.2) is 30.3 Å². The highest BCUT2D eigenvalue weighted by atomic mass is 19.4. The number of hydrogen-bond donors (Lipinski definition) is 0. The molecule has 16 heavy (non-hydrogen) atoms. The van der Waals surface area contributed by atoms with E-state index in [1.165, 1.54) is 24.3 Å². The zero-order valence-corrected chi connectivity index (χ0v) is 8.28. The summed E-state index contributed by atoms with van der Waals surface area (Å²) in [5.74, 6) is -3.16. The third-order valence-electron chi connectivity index (χ3n) is 1.87. The molecule has 0 bridgehead atoms. The molecule has 0 fully saturated rings. The minimum Gasteiger partial charge on any atom is -0.274 e. The fourth-order valence-electron chi connectivity index (χ4n) is 1.06. The molecule has 0 aliphatic heterocycles. The van der Waals surface area contributed by atoms with Gasteiger partial charge in [-0.1, -0.05) is 18.2 Å². The highest BCUT2D eigenvalue weighted by Crippen LogP contribution is 2.18. The fraction of sp³-hybridized carbons (Fsp3) is 0.200. The Morgan fingerprint density at radius 1 is 1.12 bits per heavy atom. The van der Waals surface area contributed by atoms with Gasteiger partial charge in [-0.15, -0.1) is 0 Å². The van der Waals surface area contributed by atoms with Gasteiger partial charge in [0, 0.05) is 12.6 Å². The SMILES string of the molecule is CN(C(=O)c1ccccc1)C(=O)C(F)(F)F. The van der Waals surface area contributed by atoms with E-state index in [9.17, 15) is 22.8 Å². The molecule has 0 aliphatic rings. The maximum absolute atomic E-state index is 12.0. The van der Waals surface area contributed by atoms with Gasteiger partial charge in [-0.3, -0.25) is 14.5 Å². The average Bonchev–Trinajstić information content (AvgIpc) is 2.26. The number of benzene rings is 1. The molecule has 2 amide bonds. The van der Waals surface area contributed by atoms with Crippen molar-refractivity contribution in [3.8, 4) is 0 Å². The first-order chi connectivity index (χ1) is 7.34. The van der Waals surface area contributed by atoms with Crippen LogP contribution in [-0.2, 0) is 4.79 Å². The number of carbonyl (C=O) groups excluding carboxylic acids is 2. The summed E-state index contributed by atoms with van der Waals surface area (Å²) >= 11 is 0. The van der Waals surface area contributed by atoms with Gasteiger partial charge < -0.3 is 0 Å². The van der Waals surface area contributed by atoms with Gasteiger partial charge in [-0.05, 0) is 12.1 Å². The number of imide groups is 1. The van der Waals surface area contributed by atoms with Gasteiger partial charge in [0.15, 0.2) is 0 Å². The predicted octanol–water partition coefficient (Wildman–Crippen LogP) is 1.85. The molecule has 86 valence electrons. The van der Waals surface area contributed by atoms with Crippen molar-refractivity contribution in [2.75, 3.05) is 7.05 Å². The molecule has 3 nitrogen and oxygen atoms in total. The Kier molecular flexibility index (Phi) is 3.31. The largest absolute Gasteiger partial charge is 0.471 e. The first-order valence-corrected chi connectivity index (χ1v) is 4.28. The molecule has 1 aromatic rings. The highest BCUT2D eigenvalue weighted by molar-refractivity contribution is 6.05. The van der Waals surface area contributed by atoms with E-state index in [1.54, 1.807) is 6.07 Å². The summed E-state index contributed by atoms with van der Waals surface area (Å²) in [6, 6.07) is 7.28. The minimum absolute atomic E-state index is 0.0302. The quantitative estimate of drug-likeness (QED) is 0.739. The minimum atomic E-state index is -5.04. The molecule has 0 spiro atoms. The van der Waals surface area contributed by atoms with Crippen molar-refractivity contribution in [3.63, 3.8) is 0 Å². The van der Waals surface area contributed by atoms with Crippen LogP contribution in [0.3, 0.4) is 0 Å². The highest BCUT2D eigenvalue weighted by Gasteiger charge is 2.43. The molecule has 6 heteroatoms. The van der Waals surface area contributed by atoms with Crippen molar-refractivity contribution in [1.29, 1.82) is 0 Å². The van der Waals surface area contributed by atoms with Crippen molar-refractivity contribution in [3.05, 3.63) is 35.9 Å². The van der Waals surface area contributed by atoms with Crippen molar-refractivity contribution in [1.82, 2.24) is 4.90 Å². The van der Waals surface area contributed by atoms with E-state index in [0.717, 1.165) is 7.05 Å². The second-order valence-electron chi connectivity index (χ2n) is 3.03. The van der Waals surface area contributed by atoms with Gasteiger partial charge >= 0.3 is 12.1 Å². The molecular formula is C10H8F3NO2. The van der Waals surface area contributed by atoms with Crippen LogP contribution in [0.1, 0.15) is 10.4 Å². The smallest absolute Gasteiger partial charge is 0.274 e. The topological polar surface area (TPSA) is 37.4 Å². The number of rotatable bonds is 1. The Morgan fingerprint density at radius 2 is 1.62 bits per heavy atom. The molecule has 1 aromatic carbocycles. The van der Waals surface area contributed by atoms with E-state index in [1.807, 2.05) is 0 Å². The number of alkyl halides is 3. The lowest BCUT2D eigenvalue weighted by atomic mass is 10.2. The molecule has 0 saturated heterocycles. The number of hydrogen-bond acceptors (Lipinski definition) is 2. The lowest BCUT2D eigenvalue weighted by Gasteiger charge is -2.16. The molecule has 0 atom stereocenters. The third kappa shape index (κ3) is 2.59. The van der Waals surface area contributed by atoms with Crippen LogP contribution in [0.5, 0.6) is 0 Å². The van der Waals surface area contributed by atoms with Crippen LogP contribution < -0.4 is 0 Å². The molecular weight excluding hydrogens is 223 g/mol. The van der Waals surface area contributed by atoms with Crippen molar-refractivity contribution in [2.24, 2.45) is 0 Å². The van der Waals surface area contributed by atoms with Gasteiger partial charge in [-0.25, -0.2) is 0 Å². The Hall–Kier alpha value is -1.85. The van der Waals surface area contributed by atoms with Crippen LogP contribution in [0, 0.1) is 0 Å². The molecule has 1 rings (SSSR count). The normalized spacial score (nSPS) is 11.0. The molecule has 0 heterocycles. The zero-order valence-electron chi connectivity index (χ0n) is 8.28. The van der Waals surface area contributed by atoms with Gasteiger partial charge in [0.25, 0.3) is 5.91 Å². The van der Waals surface area contributed by atoms with Crippen LogP contribution in [0.2, 0.25) is 0 Å². The lowest BCUT2D eigenvalue weighted by Crippen LogP contribution is -2.42. The van der Waals surface area contributed by atoms with E-state index in [0.29, 0.717) is 0 Å². The first kappa shape index (κ1) is 12.2. The maximum atomic E-state index is 12.0. The Morgan fingerprint density at radius 3 is 2.06 bits per heavy atom. The molecule has 0 aromatic heterocycles. The van der Waals surface area contributed by atoms with Crippen LogP contribution in [0.4, 0.5) is 13.2 Å². The standard InChI is InChI=1S/C10H8F3NO2/c1-14(9(16)10(11,12)13)8(15)7-5-3-2-4-6-7/h2-6H,1H3. The van der Waals surface area contributed by atoms with E-state index in [2.05, 4.69) is 0 Å². The maximum Gasteiger partial charge on any atom is 0.471 e. The summed E-state index contributed by atoms with van der Waals surface area (Å²) in [5, 5.41) is 0. The van der Waals surface area contributed by atoms with Gasteiger partial charge in [0.05, 0.1) is 0 Å². The Labute approximate surface area is 89.5 Å². The number of amides is 2. The van der Waals surface area contributed by atoms with Crippen molar-refractivity contribution in [2.45, 2.75) is 6.18 Å². The average molecular weight is 231 g/mol. The third-order valence-corrected chi connectivity index (χ3v) is 1.87. The molecule has 0 saturated carbocycles. The molecule has 0 radical (unpaired) electrons. The van der Waals surface area contributed by atoms with Crippen molar-refractivity contribution < 1.29 is 22.8 Å². The van der Waals surface area contributed by atoms with Crippen LogP contribution in [0.25, 0.3) is 0 Å². The monoisotopic (exact) mass is 231 g/mol. The van der Waals surface area contributed by atoms with Crippen LogP contribution >= 0.6 is 0 Å². The van der Waals surface area contributed by atoms with E-state index >= 15 is 0 Å². The van der Waals surface area contributed by atoms with E-state index in [-0.39, 0.29) is 10.5 Å². The summed E-state index contributed by atoms with van der Waals surface area (Å²) in [4.78, 5) is 22.2. The Balaban J connectivity index is 2.88. The number of nitrogens with zero attached hydrogens (tertiary/aromatic N) is 1. The summed E-state index contributed by atoms with van der Waals surface area (Å²) < 4.78 is 36.1. The predicted molar refractivity (Wildman–Crippen MR) is 49.6 cm³/mol. The van der Waals surface area contributed by atoms with E-state index < -0.39 is 18.0 Å². The number of carbonyl (C=O) groups is 2. The van der Waals surface area contributed by atoms with Gasteiger partial charge in [0.2, 0.25) is 0 Å². The summed E-state index contributed by atoms with van der Waals surface area (Å²) in [6.07, 6.45) is -5.04. The first-order valence-electron chi connectivity index (χ1n) is 4.28. The number of halogens is 3. The summed E-state index contributed by atoms with van der Waals surface area (Å²) in [6.45, 7) is 0. The fourth-order valence-corrected chi connectivity index (χ4v) is 1.06.